The van der Waals surface area contributed by atoms with Crippen LogP contribution in [-0.2, 0) is 21.4 Å². The summed E-state index contributed by atoms with van der Waals surface area (Å²) < 4.78 is 27.9. The Bertz CT molecular complexity index is 896. The summed E-state index contributed by atoms with van der Waals surface area (Å²) in [6, 6.07) is 12.9. The maximum Gasteiger partial charge on any atom is 0.241 e. The first kappa shape index (κ1) is 21.4. The van der Waals surface area contributed by atoms with Crippen LogP contribution in [0.5, 0.6) is 0 Å². The Labute approximate surface area is 166 Å². The predicted molar refractivity (Wildman–Crippen MR) is 108 cm³/mol. The fourth-order valence-electron chi connectivity index (χ4n) is 2.65. The number of likely N-dealkylation sites (N-methyl/N-ethyl adjacent to an activating group) is 1. The first-order chi connectivity index (χ1) is 12.6. The standard InChI is InChI=1S/C20H25ClN2O3S/c1-14(2)19(22-27(25,26)18-10-8-15(3)9-11-18)20(24)23(4)13-16-6-5-7-17(21)12-16/h5-12,14,19,22H,13H2,1-4H3/t19-/m0/s1. The van der Waals surface area contributed by atoms with E-state index in [0.717, 1.165) is 11.1 Å². The van der Waals surface area contributed by atoms with Crippen LogP contribution in [0.4, 0.5) is 0 Å². The summed E-state index contributed by atoms with van der Waals surface area (Å²) in [5.41, 5.74) is 1.84. The molecule has 1 N–H and O–H groups in total. The molecule has 0 saturated carbocycles. The summed E-state index contributed by atoms with van der Waals surface area (Å²) in [5.74, 6) is -0.500. The molecule has 27 heavy (non-hydrogen) atoms. The molecule has 0 unspecified atom stereocenters. The first-order valence-corrected chi connectivity index (χ1v) is 10.5. The van der Waals surface area contributed by atoms with Crippen molar-refractivity contribution in [2.45, 2.75) is 38.3 Å². The lowest BCUT2D eigenvalue weighted by molar-refractivity contribution is -0.133. The molecule has 0 spiro atoms. The average molecular weight is 409 g/mol. The number of hydrogen-bond donors (Lipinski definition) is 1. The van der Waals surface area contributed by atoms with Crippen molar-refractivity contribution >= 4 is 27.5 Å². The Morgan fingerprint density at radius 3 is 2.33 bits per heavy atom. The number of halogens is 1. The maximum absolute atomic E-state index is 12.9. The van der Waals surface area contributed by atoms with Crippen LogP contribution in [0.3, 0.4) is 0 Å². The van der Waals surface area contributed by atoms with Gasteiger partial charge in [0.15, 0.2) is 0 Å². The van der Waals surface area contributed by atoms with Crippen LogP contribution in [0, 0.1) is 12.8 Å². The molecule has 0 aliphatic heterocycles. The molecule has 146 valence electrons. The monoisotopic (exact) mass is 408 g/mol. The SMILES string of the molecule is Cc1ccc(S(=O)(=O)N[C@H](C(=O)N(C)Cc2cccc(Cl)c2)C(C)C)cc1. The third kappa shape index (κ3) is 5.79. The van der Waals surface area contributed by atoms with Gasteiger partial charge < -0.3 is 4.90 Å². The van der Waals surface area contributed by atoms with Crippen LogP contribution in [0.1, 0.15) is 25.0 Å². The molecule has 0 saturated heterocycles. The van der Waals surface area contributed by atoms with Crippen molar-refractivity contribution in [2.75, 3.05) is 7.05 Å². The van der Waals surface area contributed by atoms with Gasteiger partial charge in [-0.1, -0.05) is 55.3 Å². The number of nitrogens with one attached hydrogen (secondary N) is 1. The lowest BCUT2D eigenvalue weighted by Gasteiger charge is -2.27. The molecule has 0 bridgehead atoms. The molecule has 2 aromatic rings. The highest BCUT2D eigenvalue weighted by atomic mass is 35.5. The summed E-state index contributed by atoms with van der Waals surface area (Å²) in [6.07, 6.45) is 0. The summed E-state index contributed by atoms with van der Waals surface area (Å²) in [6.45, 7) is 5.85. The molecule has 2 rings (SSSR count). The molecule has 5 nitrogen and oxygen atoms in total. The van der Waals surface area contributed by atoms with Crippen LogP contribution >= 0.6 is 11.6 Å². The Kier molecular flexibility index (Phi) is 7.03. The van der Waals surface area contributed by atoms with E-state index in [-0.39, 0.29) is 16.7 Å². The van der Waals surface area contributed by atoms with Crippen molar-refractivity contribution in [3.8, 4) is 0 Å². The quantitative estimate of drug-likeness (QED) is 0.760. The number of amides is 1. The van der Waals surface area contributed by atoms with E-state index in [4.69, 9.17) is 11.6 Å². The highest BCUT2D eigenvalue weighted by Gasteiger charge is 2.30. The van der Waals surface area contributed by atoms with Gasteiger partial charge in [-0.15, -0.1) is 0 Å². The molecular formula is C20H25ClN2O3S. The van der Waals surface area contributed by atoms with Crippen molar-refractivity contribution in [2.24, 2.45) is 5.92 Å². The molecule has 0 aliphatic rings. The molecule has 1 atom stereocenters. The lowest BCUT2D eigenvalue weighted by Crippen LogP contribution is -2.49. The van der Waals surface area contributed by atoms with E-state index in [1.165, 1.54) is 17.0 Å². The van der Waals surface area contributed by atoms with E-state index in [2.05, 4.69) is 4.72 Å². The van der Waals surface area contributed by atoms with Gasteiger partial charge in [0.1, 0.15) is 6.04 Å². The second-order valence-electron chi connectivity index (χ2n) is 6.98. The van der Waals surface area contributed by atoms with E-state index in [0.29, 0.717) is 11.6 Å². The first-order valence-electron chi connectivity index (χ1n) is 8.68. The molecular weight excluding hydrogens is 384 g/mol. The third-order valence-electron chi connectivity index (χ3n) is 4.23. The highest BCUT2D eigenvalue weighted by Crippen LogP contribution is 2.16. The van der Waals surface area contributed by atoms with Crippen molar-refractivity contribution in [3.63, 3.8) is 0 Å². The smallest absolute Gasteiger partial charge is 0.241 e. The molecule has 0 radical (unpaired) electrons. The number of rotatable bonds is 7. The molecule has 2 aromatic carbocycles. The van der Waals surface area contributed by atoms with Gasteiger partial charge in [0.05, 0.1) is 4.90 Å². The van der Waals surface area contributed by atoms with Crippen LogP contribution in [0.25, 0.3) is 0 Å². The molecule has 0 heterocycles. The molecule has 7 heteroatoms. The zero-order valence-electron chi connectivity index (χ0n) is 15.9. The van der Waals surface area contributed by atoms with Gasteiger partial charge in [-0.3, -0.25) is 4.79 Å². The number of hydrogen-bond acceptors (Lipinski definition) is 3. The normalized spacial score (nSPS) is 12.8. The number of carbonyl (C=O) groups excluding carboxylic acids is 1. The van der Waals surface area contributed by atoms with Crippen LogP contribution < -0.4 is 4.72 Å². The minimum Gasteiger partial charge on any atom is -0.340 e. The highest BCUT2D eigenvalue weighted by molar-refractivity contribution is 7.89. The van der Waals surface area contributed by atoms with Gasteiger partial charge in [-0.2, -0.15) is 4.72 Å². The number of nitrogens with zero attached hydrogens (tertiary/aromatic N) is 1. The number of benzene rings is 2. The Balaban J connectivity index is 2.18. The van der Waals surface area contributed by atoms with Crippen molar-refractivity contribution < 1.29 is 13.2 Å². The second kappa shape index (κ2) is 8.87. The van der Waals surface area contributed by atoms with Crippen LogP contribution in [-0.4, -0.2) is 32.3 Å². The van der Waals surface area contributed by atoms with Gasteiger partial charge in [-0.25, -0.2) is 8.42 Å². The van der Waals surface area contributed by atoms with Gasteiger partial charge in [0, 0.05) is 18.6 Å². The van der Waals surface area contributed by atoms with Gasteiger partial charge in [-0.05, 0) is 42.7 Å². The molecule has 0 fully saturated rings. The van der Waals surface area contributed by atoms with Gasteiger partial charge >= 0.3 is 0 Å². The third-order valence-corrected chi connectivity index (χ3v) is 5.92. The Hall–Kier alpha value is -1.89. The van der Waals surface area contributed by atoms with Crippen molar-refractivity contribution in [3.05, 3.63) is 64.7 Å². The topological polar surface area (TPSA) is 66.5 Å². The lowest BCUT2D eigenvalue weighted by atomic mass is 10.0. The summed E-state index contributed by atoms with van der Waals surface area (Å²) in [4.78, 5) is 14.6. The number of aryl methyl sites for hydroxylation is 1. The zero-order chi connectivity index (χ0) is 20.2. The Morgan fingerprint density at radius 1 is 1.15 bits per heavy atom. The zero-order valence-corrected chi connectivity index (χ0v) is 17.5. The average Bonchev–Trinajstić information content (AvgIpc) is 2.59. The van der Waals surface area contributed by atoms with Crippen molar-refractivity contribution in [1.29, 1.82) is 0 Å². The minimum atomic E-state index is -3.80. The van der Waals surface area contributed by atoms with Gasteiger partial charge in [0.2, 0.25) is 15.9 Å². The summed E-state index contributed by atoms with van der Waals surface area (Å²) in [7, 11) is -2.15. The molecule has 1 amide bonds. The fraction of sp³-hybridized carbons (Fsp3) is 0.350. The minimum absolute atomic E-state index is 0.143. The van der Waals surface area contributed by atoms with E-state index < -0.39 is 16.1 Å². The number of carbonyl (C=O) groups is 1. The van der Waals surface area contributed by atoms with Gasteiger partial charge in [0.25, 0.3) is 0 Å². The van der Waals surface area contributed by atoms with E-state index in [9.17, 15) is 13.2 Å². The van der Waals surface area contributed by atoms with E-state index in [1.54, 1.807) is 31.3 Å². The van der Waals surface area contributed by atoms with Crippen LogP contribution in [0.15, 0.2) is 53.4 Å². The summed E-state index contributed by atoms with van der Waals surface area (Å²) in [5, 5.41) is 0.592. The van der Waals surface area contributed by atoms with E-state index in [1.807, 2.05) is 32.9 Å². The number of sulfonamides is 1. The van der Waals surface area contributed by atoms with E-state index >= 15 is 0 Å². The molecule has 0 aromatic heterocycles. The predicted octanol–water partition coefficient (Wildman–Crippen LogP) is 3.61. The summed E-state index contributed by atoms with van der Waals surface area (Å²) >= 11 is 5.99. The maximum atomic E-state index is 12.9. The van der Waals surface area contributed by atoms with Crippen LogP contribution in [0.2, 0.25) is 5.02 Å². The largest absolute Gasteiger partial charge is 0.340 e. The Morgan fingerprint density at radius 2 is 1.78 bits per heavy atom. The molecule has 0 aliphatic carbocycles. The fourth-order valence-corrected chi connectivity index (χ4v) is 4.20. The second-order valence-corrected chi connectivity index (χ2v) is 9.13. The van der Waals surface area contributed by atoms with Crippen molar-refractivity contribution in [1.82, 2.24) is 9.62 Å².